The van der Waals surface area contributed by atoms with Crippen LogP contribution in [-0.4, -0.2) is 26.2 Å². The van der Waals surface area contributed by atoms with Crippen LogP contribution in [0.3, 0.4) is 0 Å². The molecule has 1 aliphatic rings. The molecule has 0 radical (unpaired) electrons. The van der Waals surface area contributed by atoms with Gasteiger partial charge in [-0.2, -0.15) is 0 Å². The Morgan fingerprint density at radius 1 is 1.19 bits per heavy atom. The second-order valence-electron chi connectivity index (χ2n) is 6.62. The standard InChI is InChI=1S/C17H21N5OS3/c1-9-10(2)25-15-13(9)14(23)19-12(20-15)8-24-17-22-21-16(26-17)18-11-6-4-3-5-7-11/h11H,3-8H2,1-2H3,(H,18,21)(H,19,20,23). The lowest BCUT2D eigenvalue weighted by Crippen LogP contribution is -2.21. The van der Waals surface area contributed by atoms with Gasteiger partial charge in [-0.15, -0.1) is 21.5 Å². The zero-order valence-electron chi connectivity index (χ0n) is 14.8. The van der Waals surface area contributed by atoms with Crippen LogP contribution in [0.15, 0.2) is 9.13 Å². The van der Waals surface area contributed by atoms with E-state index < -0.39 is 0 Å². The summed E-state index contributed by atoms with van der Waals surface area (Å²) in [5, 5.41) is 13.6. The Morgan fingerprint density at radius 2 is 2.00 bits per heavy atom. The third-order valence-electron chi connectivity index (χ3n) is 4.76. The summed E-state index contributed by atoms with van der Waals surface area (Å²) >= 11 is 4.71. The molecule has 1 saturated carbocycles. The highest BCUT2D eigenvalue weighted by Crippen LogP contribution is 2.30. The molecule has 1 aliphatic carbocycles. The summed E-state index contributed by atoms with van der Waals surface area (Å²) in [7, 11) is 0. The van der Waals surface area contributed by atoms with Gasteiger partial charge < -0.3 is 10.3 Å². The van der Waals surface area contributed by atoms with Crippen molar-refractivity contribution in [2.75, 3.05) is 5.32 Å². The van der Waals surface area contributed by atoms with E-state index in [9.17, 15) is 4.79 Å². The molecule has 6 nitrogen and oxygen atoms in total. The molecule has 3 aromatic heterocycles. The average molecular weight is 408 g/mol. The van der Waals surface area contributed by atoms with Crippen LogP contribution in [0, 0.1) is 13.8 Å². The average Bonchev–Trinajstić information content (AvgIpc) is 3.18. The van der Waals surface area contributed by atoms with Crippen molar-refractivity contribution in [2.24, 2.45) is 0 Å². The molecule has 3 aromatic rings. The Kier molecular flexibility index (Phi) is 5.28. The molecule has 0 saturated heterocycles. The van der Waals surface area contributed by atoms with E-state index in [1.54, 1.807) is 34.4 Å². The Balaban J connectivity index is 1.42. The molecule has 0 spiro atoms. The van der Waals surface area contributed by atoms with Crippen molar-refractivity contribution >= 4 is 49.8 Å². The molecule has 0 amide bonds. The van der Waals surface area contributed by atoms with Gasteiger partial charge >= 0.3 is 0 Å². The maximum Gasteiger partial charge on any atom is 0.259 e. The molecular formula is C17H21N5OS3. The Labute approximate surface area is 163 Å². The highest BCUT2D eigenvalue weighted by molar-refractivity contribution is 8.00. The lowest BCUT2D eigenvalue weighted by atomic mass is 9.96. The van der Waals surface area contributed by atoms with Crippen molar-refractivity contribution in [3.63, 3.8) is 0 Å². The molecule has 0 bridgehead atoms. The number of nitrogens with zero attached hydrogens (tertiary/aromatic N) is 3. The van der Waals surface area contributed by atoms with Crippen LogP contribution in [-0.2, 0) is 5.75 Å². The van der Waals surface area contributed by atoms with Gasteiger partial charge in [-0.05, 0) is 32.3 Å². The minimum Gasteiger partial charge on any atom is -0.357 e. The smallest absolute Gasteiger partial charge is 0.259 e. The molecule has 0 unspecified atom stereocenters. The van der Waals surface area contributed by atoms with E-state index in [-0.39, 0.29) is 5.56 Å². The molecule has 4 rings (SSSR count). The number of anilines is 1. The van der Waals surface area contributed by atoms with Gasteiger partial charge in [-0.1, -0.05) is 42.4 Å². The molecule has 2 N–H and O–H groups in total. The summed E-state index contributed by atoms with van der Waals surface area (Å²) in [5.74, 6) is 1.27. The number of fused-ring (bicyclic) bond motifs is 1. The quantitative estimate of drug-likeness (QED) is 0.606. The monoisotopic (exact) mass is 407 g/mol. The minimum atomic E-state index is -0.0515. The maximum atomic E-state index is 12.3. The van der Waals surface area contributed by atoms with Crippen molar-refractivity contribution in [3.8, 4) is 0 Å². The fourth-order valence-electron chi connectivity index (χ4n) is 3.25. The van der Waals surface area contributed by atoms with Gasteiger partial charge in [0.15, 0.2) is 4.34 Å². The van der Waals surface area contributed by atoms with E-state index in [0.717, 1.165) is 30.1 Å². The van der Waals surface area contributed by atoms with E-state index in [1.807, 2.05) is 13.8 Å². The highest BCUT2D eigenvalue weighted by Gasteiger charge is 2.16. The topological polar surface area (TPSA) is 83.6 Å². The molecule has 1 fully saturated rings. The summed E-state index contributed by atoms with van der Waals surface area (Å²) in [4.78, 5) is 21.8. The molecule has 9 heteroatoms. The molecule has 0 aromatic carbocycles. The third kappa shape index (κ3) is 3.79. The number of thiophene rings is 1. The second kappa shape index (κ2) is 7.66. The number of hydrogen-bond donors (Lipinski definition) is 2. The zero-order chi connectivity index (χ0) is 18.1. The highest BCUT2D eigenvalue weighted by atomic mass is 32.2. The first kappa shape index (κ1) is 17.9. The lowest BCUT2D eigenvalue weighted by Gasteiger charge is -2.21. The molecule has 0 atom stereocenters. The molecule has 138 valence electrons. The van der Waals surface area contributed by atoms with Crippen molar-refractivity contribution in [3.05, 3.63) is 26.6 Å². The number of thioether (sulfide) groups is 1. The van der Waals surface area contributed by atoms with Crippen LogP contribution in [0.5, 0.6) is 0 Å². The number of aromatic amines is 1. The van der Waals surface area contributed by atoms with Crippen molar-refractivity contribution in [2.45, 2.75) is 62.1 Å². The number of aromatic nitrogens is 4. The van der Waals surface area contributed by atoms with Crippen LogP contribution in [0.25, 0.3) is 10.2 Å². The van der Waals surface area contributed by atoms with E-state index in [4.69, 9.17) is 0 Å². The summed E-state index contributed by atoms with van der Waals surface area (Å²) in [5.41, 5.74) is 0.977. The second-order valence-corrected chi connectivity index (χ2v) is 10.0. The van der Waals surface area contributed by atoms with Gasteiger partial charge in [0.1, 0.15) is 10.7 Å². The van der Waals surface area contributed by atoms with Gasteiger partial charge in [0.05, 0.1) is 11.1 Å². The van der Waals surface area contributed by atoms with Crippen LogP contribution in [0.4, 0.5) is 5.13 Å². The SMILES string of the molecule is Cc1sc2nc(CSc3nnc(NC4CCCCC4)s3)[nH]c(=O)c2c1C. The predicted octanol–water partition coefficient (Wildman–Crippen LogP) is 4.49. The van der Waals surface area contributed by atoms with Crippen LogP contribution < -0.4 is 10.9 Å². The lowest BCUT2D eigenvalue weighted by molar-refractivity contribution is 0.462. The summed E-state index contributed by atoms with van der Waals surface area (Å²) < 4.78 is 0.893. The first-order valence-corrected chi connectivity index (χ1v) is 11.4. The minimum absolute atomic E-state index is 0.0515. The van der Waals surface area contributed by atoms with Crippen molar-refractivity contribution < 1.29 is 0 Å². The summed E-state index contributed by atoms with van der Waals surface area (Å²) in [6.07, 6.45) is 6.36. The predicted molar refractivity (Wildman–Crippen MR) is 110 cm³/mol. The van der Waals surface area contributed by atoms with Crippen LogP contribution in [0.2, 0.25) is 0 Å². The largest absolute Gasteiger partial charge is 0.357 e. The van der Waals surface area contributed by atoms with Gasteiger partial charge in [0.2, 0.25) is 5.13 Å². The number of rotatable bonds is 5. The van der Waals surface area contributed by atoms with Crippen LogP contribution in [0.1, 0.15) is 48.4 Å². The third-order valence-corrected chi connectivity index (χ3v) is 7.86. The van der Waals surface area contributed by atoms with Crippen LogP contribution >= 0.6 is 34.4 Å². The first-order chi connectivity index (χ1) is 12.6. The van der Waals surface area contributed by atoms with Gasteiger partial charge in [0.25, 0.3) is 5.56 Å². The Bertz CT molecular complexity index is 971. The summed E-state index contributed by atoms with van der Waals surface area (Å²) in [6, 6.07) is 0.528. The summed E-state index contributed by atoms with van der Waals surface area (Å²) in [6.45, 7) is 4.00. The molecule has 3 heterocycles. The normalized spacial score (nSPS) is 15.6. The fourth-order valence-corrected chi connectivity index (χ4v) is 5.99. The zero-order valence-corrected chi connectivity index (χ0v) is 17.2. The van der Waals surface area contributed by atoms with Crippen molar-refractivity contribution in [1.82, 2.24) is 20.2 Å². The van der Waals surface area contributed by atoms with E-state index in [2.05, 4.69) is 25.5 Å². The maximum absolute atomic E-state index is 12.3. The van der Waals surface area contributed by atoms with E-state index in [0.29, 0.717) is 17.6 Å². The Hall–Kier alpha value is -1.45. The first-order valence-electron chi connectivity index (χ1n) is 8.82. The fraction of sp³-hybridized carbons (Fsp3) is 0.529. The van der Waals surface area contributed by atoms with Gasteiger partial charge in [-0.3, -0.25) is 4.79 Å². The number of aryl methyl sites for hydroxylation is 2. The number of hydrogen-bond acceptors (Lipinski definition) is 8. The molecule has 26 heavy (non-hydrogen) atoms. The Morgan fingerprint density at radius 3 is 2.81 bits per heavy atom. The van der Waals surface area contributed by atoms with E-state index in [1.165, 1.54) is 32.1 Å². The van der Waals surface area contributed by atoms with Gasteiger partial charge in [-0.25, -0.2) is 4.98 Å². The van der Waals surface area contributed by atoms with E-state index >= 15 is 0 Å². The van der Waals surface area contributed by atoms with Gasteiger partial charge in [0, 0.05) is 10.9 Å². The molecular weight excluding hydrogens is 386 g/mol. The van der Waals surface area contributed by atoms with Crippen molar-refractivity contribution in [1.29, 1.82) is 0 Å². The number of H-pyrrole nitrogens is 1. The molecule has 0 aliphatic heterocycles. The number of nitrogens with one attached hydrogen (secondary N) is 2.